The minimum Gasteiger partial charge on any atom is -0.349 e. The molecule has 1 amide bonds. The first-order chi connectivity index (χ1) is 9.89. The van der Waals surface area contributed by atoms with Crippen molar-refractivity contribution in [3.63, 3.8) is 0 Å². The van der Waals surface area contributed by atoms with Crippen molar-refractivity contribution < 1.29 is 13.6 Å². The Bertz CT molecular complexity index is 517. The Hall–Kier alpha value is -1.20. The highest BCUT2D eigenvalue weighted by Crippen LogP contribution is 2.41. The summed E-state index contributed by atoms with van der Waals surface area (Å²) in [5.74, 6) is -3.36. The molecule has 1 aliphatic rings. The maximum atomic E-state index is 13.3. The highest BCUT2D eigenvalue weighted by Gasteiger charge is 2.43. The number of hydrogen-bond donors (Lipinski definition) is 2. The molecule has 0 aromatic heterocycles. The molecular formula is C16H23ClF2N2O. The van der Waals surface area contributed by atoms with Gasteiger partial charge in [0.15, 0.2) is 0 Å². The smallest absolute Gasteiger partial charge is 0.277 e. The van der Waals surface area contributed by atoms with Crippen LogP contribution in [0.1, 0.15) is 36.8 Å². The maximum Gasteiger partial charge on any atom is 0.277 e. The third-order valence-corrected chi connectivity index (χ3v) is 4.27. The van der Waals surface area contributed by atoms with Crippen LogP contribution in [0.3, 0.4) is 0 Å². The Balaban J connectivity index is 0.00000242. The van der Waals surface area contributed by atoms with Crippen LogP contribution >= 0.6 is 12.4 Å². The SMILES string of the molecule is Cc1cccc(C2(C(=O)NCC(F)(F)CN)CCCC2)c1.Cl. The van der Waals surface area contributed by atoms with E-state index in [1.807, 2.05) is 31.2 Å². The normalized spacial score (nSPS) is 16.9. The van der Waals surface area contributed by atoms with Crippen molar-refractivity contribution in [2.45, 2.75) is 43.9 Å². The van der Waals surface area contributed by atoms with Gasteiger partial charge in [-0.1, -0.05) is 42.7 Å². The molecule has 3 N–H and O–H groups in total. The Morgan fingerprint density at radius 1 is 1.36 bits per heavy atom. The zero-order valence-electron chi connectivity index (χ0n) is 12.7. The Morgan fingerprint density at radius 2 is 2.00 bits per heavy atom. The number of carbonyl (C=O) groups is 1. The van der Waals surface area contributed by atoms with Crippen LogP contribution in [0.5, 0.6) is 0 Å². The summed E-state index contributed by atoms with van der Waals surface area (Å²) < 4.78 is 26.5. The molecule has 1 aromatic carbocycles. The van der Waals surface area contributed by atoms with E-state index in [0.717, 1.165) is 24.0 Å². The molecular weight excluding hydrogens is 310 g/mol. The molecule has 1 aromatic rings. The van der Waals surface area contributed by atoms with Crippen LogP contribution < -0.4 is 11.1 Å². The first-order valence-corrected chi connectivity index (χ1v) is 7.33. The molecule has 0 saturated heterocycles. The minimum absolute atomic E-state index is 0. The van der Waals surface area contributed by atoms with Crippen LogP contribution in [-0.2, 0) is 10.2 Å². The zero-order chi connectivity index (χ0) is 15.5. The molecule has 1 aliphatic carbocycles. The van der Waals surface area contributed by atoms with Crippen LogP contribution in [0.15, 0.2) is 24.3 Å². The molecule has 0 bridgehead atoms. The second kappa shape index (κ2) is 7.38. The van der Waals surface area contributed by atoms with Crippen LogP contribution in [0, 0.1) is 6.92 Å². The Labute approximate surface area is 136 Å². The number of rotatable bonds is 5. The summed E-state index contributed by atoms with van der Waals surface area (Å²) in [7, 11) is 0. The van der Waals surface area contributed by atoms with Crippen LogP contribution in [0.25, 0.3) is 0 Å². The zero-order valence-corrected chi connectivity index (χ0v) is 13.5. The fraction of sp³-hybridized carbons (Fsp3) is 0.562. The van der Waals surface area contributed by atoms with E-state index in [4.69, 9.17) is 5.73 Å². The quantitative estimate of drug-likeness (QED) is 0.871. The number of amides is 1. The average molecular weight is 333 g/mol. The van der Waals surface area contributed by atoms with Gasteiger partial charge in [-0.05, 0) is 25.3 Å². The van der Waals surface area contributed by atoms with Crippen molar-refractivity contribution in [2.75, 3.05) is 13.1 Å². The van der Waals surface area contributed by atoms with E-state index in [0.29, 0.717) is 12.8 Å². The number of hydrogen-bond acceptors (Lipinski definition) is 2. The predicted molar refractivity (Wildman–Crippen MR) is 85.6 cm³/mol. The third-order valence-electron chi connectivity index (χ3n) is 4.27. The summed E-state index contributed by atoms with van der Waals surface area (Å²) in [6.45, 7) is 0.507. The fourth-order valence-electron chi connectivity index (χ4n) is 3.02. The van der Waals surface area contributed by atoms with Gasteiger partial charge in [0.1, 0.15) is 0 Å². The molecule has 0 spiro atoms. The van der Waals surface area contributed by atoms with Crippen LogP contribution in [0.4, 0.5) is 8.78 Å². The van der Waals surface area contributed by atoms with Crippen LogP contribution in [-0.4, -0.2) is 24.9 Å². The van der Waals surface area contributed by atoms with Gasteiger partial charge >= 0.3 is 0 Å². The van der Waals surface area contributed by atoms with Crippen molar-refractivity contribution >= 4 is 18.3 Å². The molecule has 1 saturated carbocycles. The summed E-state index contributed by atoms with van der Waals surface area (Å²) in [6.07, 6.45) is 3.29. The number of nitrogens with one attached hydrogen (secondary N) is 1. The van der Waals surface area contributed by atoms with Gasteiger partial charge in [0.2, 0.25) is 5.91 Å². The molecule has 2 rings (SSSR count). The number of halogens is 3. The predicted octanol–water partition coefficient (Wildman–Crippen LogP) is 2.94. The second-order valence-corrected chi connectivity index (χ2v) is 5.90. The number of nitrogens with two attached hydrogens (primary N) is 1. The largest absolute Gasteiger partial charge is 0.349 e. The van der Waals surface area contributed by atoms with Crippen LogP contribution in [0.2, 0.25) is 0 Å². The highest BCUT2D eigenvalue weighted by atomic mass is 35.5. The monoisotopic (exact) mass is 332 g/mol. The molecule has 1 fully saturated rings. The summed E-state index contributed by atoms with van der Waals surface area (Å²) in [4.78, 5) is 12.6. The molecule has 0 heterocycles. The highest BCUT2D eigenvalue weighted by molar-refractivity contribution is 5.88. The van der Waals surface area contributed by atoms with Crippen molar-refractivity contribution in [1.29, 1.82) is 0 Å². The number of benzene rings is 1. The second-order valence-electron chi connectivity index (χ2n) is 5.90. The summed E-state index contributed by atoms with van der Waals surface area (Å²) in [5, 5.41) is 2.41. The van der Waals surface area contributed by atoms with Gasteiger partial charge in [-0.2, -0.15) is 0 Å². The summed E-state index contributed by atoms with van der Waals surface area (Å²) in [6, 6.07) is 7.77. The van der Waals surface area contributed by atoms with Crippen molar-refractivity contribution in [1.82, 2.24) is 5.32 Å². The lowest BCUT2D eigenvalue weighted by Gasteiger charge is -2.29. The number of alkyl halides is 2. The van der Waals surface area contributed by atoms with Gasteiger partial charge < -0.3 is 11.1 Å². The minimum atomic E-state index is -3.05. The molecule has 0 unspecified atom stereocenters. The Kier molecular flexibility index (Phi) is 6.32. The number of aryl methyl sites for hydroxylation is 1. The van der Waals surface area contributed by atoms with Crippen molar-refractivity contribution in [2.24, 2.45) is 5.73 Å². The van der Waals surface area contributed by atoms with Gasteiger partial charge in [0.25, 0.3) is 5.92 Å². The molecule has 6 heteroatoms. The van der Waals surface area contributed by atoms with E-state index < -0.39 is 24.4 Å². The van der Waals surface area contributed by atoms with Crippen molar-refractivity contribution in [3.05, 3.63) is 35.4 Å². The topological polar surface area (TPSA) is 55.1 Å². The first kappa shape index (κ1) is 18.8. The van der Waals surface area contributed by atoms with Gasteiger partial charge in [-0.3, -0.25) is 4.79 Å². The average Bonchev–Trinajstić information content (AvgIpc) is 2.96. The van der Waals surface area contributed by atoms with Gasteiger partial charge in [0, 0.05) is 0 Å². The van der Waals surface area contributed by atoms with Crippen molar-refractivity contribution in [3.8, 4) is 0 Å². The Morgan fingerprint density at radius 3 is 2.55 bits per heavy atom. The molecule has 22 heavy (non-hydrogen) atoms. The standard InChI is InChI=1S/C16H22F2N2O.ClH/c1-12-5-4-6-13(9-12)15(7-2-3-8-15)14(21)20-11-16(17,18)10-19;/h4-6,9H,2-3,7-8,10-11,19H2,1H3,(H,20,21);1H. The first-order valence-electron chi connectivity index (χ1n) is 7.33. The van der Waals surface area contributed by atoms with E-state index in [9.17, 15) is 13.6 Å². The molecule has 124 valence electrons. The summed E-state index contributed by atoms with van der Waals surface area (Å²) in [5.41, 5.74) is 6.33. The lowest BCUT2D eigenvalue weighted by atomic mass is 9.77. The van der Waals surface area contributed by atoms with E-state index >= 15 is 0 Å². The fourth-order valence-corrected chi connectivity index (χ4v) is 3.02. The summed E-state index contributed by atoms with van der Waals surface area (Å²) >= 11 is 0. The molecule has 0 radical (unpaired) electrons. The van der Waals surface area contributed by atoms with E-state index in [1.54, 1.807) is 0 Å². The van der Waals surface area contributed by atoms with E-state index in [1.165, 1.54) is 0 Å². The van der Waals surface area contributed by atoms with Gasteiger partial charge in [-0.25, -0.2) is 8.78 Å². The molecule has 0 atom stereocenters. The lowest BCUT2D eigenvalue weighted by molar-refractivity contribution is -0.128. The lowest BCUT2D eigenvalue weighted by Crippen LogP contribution is -2.48. The maximum absolute atomic E-state index is 13.3. The van der Waals surface area contributed by atoms with Gasteiger partial charge in [0.05, 0.1) is 18.5 Å². The van der Waals surface area contributed by atoms with Gasteiger partial charge in [-0.15, -0.1) is 12.4 Å². The van der Waals surface area contributed by atoms with E-state index in [-0.39, 0.29) is 18.3 Å². The third kappa shape index (κ3) is 3.96. The molecule has 0 aliphatic heterocycles. The molecule has 3 nitrogen and oxygen atoms in total. The number of carbonyl (C=O) groups excluding carboxylic acids is 1. The van der Waals surface area contributed by atoms with E-state index in [2.05, 4.69) is 5.32 Å².